The fraction of sp³-hybridized carbons (Fsp3) is 0.667. The summed E-state index contributed by atoms with van der Waals surface area (Å²) in [6.07, 6.45) is 8.14. The molecule has 0 spiro atoms. The van der Waals surface area contributed by atoms with Crippen LogP contribution in [0.5, 0.6) is 0 Å². The molecule has 0 heterocycles. The zero-order chi connectivity index (χ0) is 18.7. The van der Waals surface area contributed by atoms with E-state index in [1.54, 1.807) is 0 Å². The van der Waals surface area contributed by atoms with E-state index < -0.39 is 13.9 Å². The van der Waals surface area contributed by atoms with Gasteiger partial charge < -0.3 is 20.8 Å². The third kappa shape index (κ3) is 9.38. The molecule has 144 valence electrons. The fourth-order valence-corrected chi connectivity index (χ4v) is 3.17. The van der Waals surface area contributed by atoms with E-state index in [0.717, 1.165) is 30.5 Å². The maximum absolute atomic E-state index is 10.9. The lowest BCUT2D eigenvalue weighted by atomic mass is 10.0. The lowest BCUT2D eigenvalue weighted by Crippen LogP contribution is -2.23. The van der Waals surface area contributed by atoms with Crippen LogP contribution in [0, 0.1) is 0 Å². The molecule has 25 heavy (non-hydrogen) atoms. The van der Waals surface area contributed by atoms with Crippen LogP contribution in [0.25, 0.3) is 0 Å². The average Bonchev–Trinajstić information content (AvgIpc) is 2.57. The smallest absolute Gasteiger partial charge is 0.382 e. The van der Waals surface area contributed by atoms with E-state index in [1.807, 2.05) is 24.3 Å². The van der Waals surface area contributed by atoms with Crippen molar-refractivity contribution in [2.24, 2.45) is 5.73 Å². The fourth-order valence-electron chi connectivity index (χ4n) is 2.82. The molecule has 0 saturated heterocycles. The summed E-state index contributed by atoms with van der Waals surface area (Å²) in [6, 6.07) is 7.42. The van der Waals surface area contributed by atoms with Crippen LogP contribution in [0.1, 0.15) is 70.4 Å². The number of phosphoric ester groups is 1. The van der Waals surface area contributed by atoms with Gasteiger partial charge in [0.25, 0.3) is 0 Å². The zero-order valence-corrected chi connectivity index (χ0v) is 16.3. The first-order chi connectivity index (χ1) is 11.9. The van der Waals surface area contributed by atoms with Gasteiger partial charge in [-0.15, -0.1) is 0 Å². The molecule has 1 aromatic carbocycles. The van der Waals surface area contributed by atoms with Gasteiger partial charge in [0.2, 0.25) is 0 Å². The predicted molar refractivity (Wildman–Crippen MR) is 102 cm³/mol. The summed E-state index contributed by atoms with van der Waals surface area (Å²) in [5.74, 6) is 0. The number of hydrogen-bond donors (Lipinski definition) is 4. The molecule has 0 saturated carbocycles. The second-order valence-electron chi connectivity index (χ2n) is 6.46. The number of nitrogens with two attached hydrogens (primary N) is 1. The third-order valence-electron chi connectivity index (χ3n) is 4.20. The van der Waals surface area contributed by atoms with E-state index in [9.17, 15) is 4.57 Å². The van der Waals surface area contributed by atoms with Crippen LogP contribution in [0.15, 0.2) is 24.3 Å². The zero-order valence-electron chi connectivity index (χ0n) is 15.4. The minimum atomic E-state index is -4.52. The van der Waals surface area contributed by atoms with Crippen molar-refractivity contribution in [3.8, 4) is 0 Å². The van der Waals surface area contributed by atoms with Gasteiger partial charge in [-0.2, -0.15) is 0 Å². The van der Waals surface area contributed by atoms with Gasteiger partial charge in [0, 0.05) is 11.7 Å². The van der Waals surface area contributed by atoms with Crippen LogP contribution >= 0.6 is 7.82 Å². The first-order valence-electron chi connectivity index (χ1n) is 9.18. The van der Waals surface area contributed by atoms with Crippen molar-refractivity contribution >= 4 is 13.5 Å². The Hall–Kier alpha value is -0.910. The molecule has 0 fully saturated rings. The van der Waals surface area contributed by atoms with Crippen molar-refractivity contribution in [1.29, 1.82) is 0 Å². The molecule has 0 aromatic heterocycles. The number of phosphoric acid groups is 1. The Bertz CT molecular complexity index is 536. The third-order valence-corrected chi connectivity index (χ3v) is 4.69. The number of nitrogens with one attached hydrogen (secondary N) is 1. The van der Waals surface area contributed by atoms with Crippen molar-refractivity contribution in [3.63, 3.8) is 0 Å². The Labute approximate surface area is 151 Å². The predicted octanol–water partition coefficient (Wildman–Crippen LogP) is 4.35. The average molecular weight is 372 g/mol. The summed E-state index contributed by atoms with van der Waals surface area (Å²) in [6.45, 7) is 4.16. The van der Waals surface area contributed by atoms with E-state index in [2.05, 4.69) is 23.7 Å². The maximum Gasteiger partial charge on any atom is 0.469 e. The molecule has 1 aromatic rings. The molecule has 0 aliphatic carbocycles. The minimum absolute atomic E-state index is 0.224. The van der Waals surface area contributed by atoms with Crippen LogP contribution < -0.4 is 11.1 Å². The SMILES string of the molecule is CCCCCC(CCCC)Nc1ccccc1C(N)COP(=O)(O)O. The lowest BCUT2D eigenvalue weighted by molar-refractivity contribution is 0.186. The standard InChI is InChI=1S/C18H33N2O4P/c1-3-5-7-11-15(10-6-4-2)20-18-13-9-8-12-16(18)17(19)14-24-25(21,22)23/h8-9,12-13,15,17,20H,3-7,10-11,14,19H2,1-2H3,(H2,21,22,23). The molecule has 0 aliphatic rings. The lowest BCUT2D eigenvalue weighted by Gasteiger charge is -2.24. The maximum atomic E-state index is 10.9. The van der Waals surface area contributed by atoms with Crippen molar-refractivity contribution in [2.75, 3.05) is 11.9 Å². The van der Waals surface area contributed by atoms with E-state index in [0.29, 0.717) is 6.04 Å². The Morgan fingerprint density at radius 2 is 1.76 bits per heavy atom. The van der Waals surface area contributed by atoms with Crippen LogP contribution in [0.4, 0.5) is 5.69 Å². The topological polar surface area (TPSA) is 105 Å². The first-order valence-corrected chi connectivity index (χ1v) is 10.7. The molecule has 2 unspecified atom stereocenters. The van der Waals surface area contributed by atoms with Crippen molar-refractivity contribution < 1.29 is 18.9 Å². The van der Waals surface area contributed by atoms with Crippen LogP contribution in [-0.4, -0.2) is 22.4 Å². The summed E-state index contributed by atoms with van der Waals surface area (Å²) in [5, 5.41) is 3.59. The van der Waals surface area contributed by atoms with E-state index >= 15 is 0 Å². The summed E-state index contributed by atoms with van der Waals surface area (Å²) < 4.78 is 15.5. The number of para-hydroxylation sites is 1. The van der Waals surface area contributed by atoms with Gasteiger partial charge in [0.1, 0.15) is 0 Å². The highest BCUT2D eigenvalue weighted by atomic mass is 31.2. The van der Waals surface area contributed by atoms with Gasteiger partial charge in [0.15, 0.2) is 0 Å². The van der Waals surface area contributed by atoms with Crippen molar-refractivity contribution in [3.05, 3.63) is 29.8 Å². The van der Waals surface area contributed by atoms with Crippen LogP contribution in [0.2, 0.25) is 0 Å². The van der Waals surface area contributed by atoms with Crippen molar-refractivity contribution in [1.82, 2.24) is 0 Å². The second kappa shape index (κ2) is 11.7. The molecule has 6 nitrogen and oxygen atoms in total. The van der Waals surface area contributed by atoms with Gasteiger partial charge in [0.05, 0.1) is 12.6 Å². The molecule has 2 atom stereocenters. The summed E-state index contributed by atoms with van der Waals surface area (Å²) in [5.41, 5.74) is 7.82. The summed E-state index contributed by atoms with van der Waals surface area (Å²) >= 11 is 0. The highest BCUT2D eigenvalue weighted by molar-refractivity contribution is 7.46. The van der Waals surface area contributed by atoms with Crippen LogP contribution in [-0.2, 0) is 9.09 Å². The van der Waals surface area contributed by atoms with Gasteiger partial charge in [-0.1, -0.05) is 64.2 Å². The first kappa shape index (κ1) is 22.1. The monoisotopic (exact) mass is 372 g/mol. The molecule has 5 N–H and O–H groups in total. The van der Waals surface area contributed by atoms with Crippen molar-refractivity contribution in [2.45, 2.75) is 70.9 Å². The number of benzene rings is 1. The molecule has 7 heteroatoms. The number of anilines is 1. The quantitative estimate of drug-likeness (QED) is 0.303. The normalized spacial score (nSPS) is 14.3. The Kier molecular flexibility index (Phi) is 10.3. The molecule has 0 aliphatic heterocycles. The highest BCUT2D eigenvalue weighted by Crippen LogP contribution is 2.37. The molecule has 0 amide bonds. The Balaban J connectivity index is 2.78. The highest BCUT2D eigenvalue weighted by Gasteiger charge is 2.19. The van der Waals surface area contributed by atoms with Gasteiger partial charge in [-0.3, -0.25) is 4.52 Å². The van der Waals surface area contributed by atoms with E-state index in [-0.39, 0.29) is 6.61 Å². The summed E-state index contributed by atoms with van der Waals surface area (Å²) in [7, 11) is -4.52. The molecule has 1 rings (SSSR count). The van der Waals surface area contributed by atoms with Gasteiger partial charge in [-0.25, -0.2) is 4.57 Å². The van der Waals surface area contributed by atoms with E-state index in [1.165, 1.54) is 25.7 Å². The number of unbranched alkanes of at least 4 members (excludes halogenated alkanes) is 3. The summed E-state index contributed by atoms with van der Waals surface area (Å²) in [4.78, 5) is 17.7. The molecule has 0 bridgehead atoms. The molecule has 0 radical (unpaired) electrons. The molecular formula is C18H33N2O4P. The van der Waals surface area contributed by atoms with E-state index in [4.69, 9.17) is 15.5 Å². The largest absolute Gasteiger partial charge is 0.469 e. The van der Waals surface area contributed by atoms with Crippen LogP contribution in [0.3, 0.4) is 0 Å². The minimum Gasteiger partial charge on any atom is -0.382 e. The Morgan fingerprint density at radius 3 is 2.40 bits per heavy atom. The number of hydrogen-bond acceptors (Lipinski definition) is 4. The molecular weight excluding hydrogens is 339 g/mol. The van der Waals surface area contributed by atoms with Gasteiger partial charge >= 0.3 is 7.82 Å². The van der Waals surface area contributed by atoms with Gasteiger partial charge in [-0.05, 0) is 24.5 Å². The number of rotatable bonds is 13. The second-order valence-corrected chi connectivity index (χ2v) is 7.70. The Morgan fingerprint density at radius 1 is 1.12 bits per heavy atom.